The van der Waals surface area contributed by atoms with E-state index in [2.05, 4.69) is 25.3 Å². The van der Waals surface area contributed by atoms with Gasteiger partial charge in [0.1, 0.15) is 18.0 Å². The van der Waals surface area contributed by atoms with Gasteiger partial charge in [0, 0.05) is 56.5 Å². The zero-order valence-electron chi connectivity index (χ0n) is 19.0. The molecule has 5 rings (SSSR count). The minimum Gasteiger partial charge on any atom is -0.369 e. The van der Waals surface area contributed by atoms with E-state index >= 15 is 0 Å². The maximum Gasteiger partial charge on any atom is 0.255 e. The van der Waals surface area contributed by atoms with Crippen molar-refractivity contribution in [2.45, 2.75) is 13.3 Å². The molecule has 1 aliphatic heterocycles. The van der Waals surface area contributed by atoms with Crippen LogP contribution in [0.2, 0.25) is 10.0 Å². The van der Waals surface area contributed by atoms with Crippen LogP contribution in [0.5, 0.6) is 0 Å². The molecule has 3 heterocycles. The molecule has 0 aliphatic carbocycles. The monoisotopic (exact) mass is 511 g/mol. The van der Waals surface area contributed by atoms with E-state index in [0.29, 0.717) is 66.1 Å². The third-order valence-corrected chi connectivity index (χ3v) is 6.66. The maximum absolute atomic E-state index is 13.1. The van der Waals surface area contributed by atoms with Crippen LogP contribution in [0.1, 0.15) is 23.1 Å². The van der Waals surface area contributed by atoms with Gasteiger partial charge in [-0.15, -0.1) is 0 Å². The van der Waals surface area contributed by atoms with E-state index < -0.39 is 0 Å². The molecule has 1 saturated heterocycles. The number of piperazine rings is 1. The normalized spacial score (nSPS) is 14.0. The highest BCUT2D eigenvalue weighted by Gasteiger charge is 2.25. The molecule has 0 radical (unpaired) electrons. The Hall–Kier alpha value is -3.43. The van der Waals surface area contributed by atoms with Crippen molar-refractivity contribution in [2.24, 2.45) is 0 Å². The molecule has 1 aliphatic rings. The van der Waals surface area contributed by atoms with Gasteiger partial charge < -0.3 is 20.1 Å². The van der Waals surface area contributed by atoms with Gasteiger partial charge in [-0.25, -0.2) is 15.0 Å². The molecule has 0 spiro atoms. The first-order valence-corrected chi connectivity index (χ1v) is 12.0. The molecule has 2 N–H and O–H groups in total. The molecule has 2 aromatic carbocycles. The fourth-order valence-corrected chi connectivity index (χ4v) is 4.65. The number of carbonyl (C=O) groups is 2. The number of rotatable bonds is 5. The van der Waals surface area contributed by atoms with Gasteiger partial charge in [-0.3, -0.25) is 9.59 Å². The van der Waals surface area contributed by atoms with Crippen LogP contribution < -0.4 is 5.32 Å². The Morgan fingerprint density at radius 1 is 1.03 bits per heavy atom. The number of amides is 2. The van der Waals surface area contributed by atoms with Crippen LogP contribution in [0.3, 0.4) is 0 Å². The van der Waals surface area contributed by atoms with Gasteiger partial charge in [0.25, 0.3) is 5.91 Å². The van der Waals surface area contributed by atoms with Gasteiger partial charge in [0.05, 0.1) is 27.1 Å². The van der Waals surface area contributed by atoms with Crippen molar-refractivity contribution in [3.63, 3.8) is 0 Å². The van der Waals surface area contributed by atoms with Crippen molar-refractivity contribution in [3.05, 3.63) is 58.1 Å². The van der Waals surface area contributed by atoms with Crippen molar-refractivity contribution < 1.29 is 9.59 Å². The molecule has 0 saturated carbocycles. The van der Waals surface area contributed by atoms with E-state index in [1.165, 1.54) is 13.3 Å². The SMILES string of the molecule is CC(=O)N1CCN(C(=O)c2cc3ncnc(NCCc4nc5ccc(Cl)cc5[nH]4)c3cc2Cl)CC1. The van der Waals surface area contributed by atoms with Crippen molar-refractivity contribution in [3.8, 4) is 0 Å². The van der Waals surface area contributed by atoms with E-state index in [-0.39, 0.29) is 11.8 Å². The fourth-order valence-electron chi connectivity index (χ4n) is 4.23. The minimum absolute atomic E-state index is 0.0160. The first-order chi connectivity index (χ1) is 16.9. The number of aromatic amines is 1. The van der Waals surface area contributed by atoms with E-state index in [1.54, 1.807) is 21.9 Å². The molecule has 1 fully saturated rings. The Kier molecular flexibility index (Phi) is 6.44. The summed E-state index contributed by atoms with van der Waals surface area (Å²) < 4.78 is 0. The Morgan fingerprint density at radius 3 is 2.57 bits per heavy atom. The molecular formula is C24H23Cl2N7O2. The van der Waals surface area contributed by atoms with E-state index in [9.17, 15) is 9.59 Å². The van der Waals surface area contributed by atoms with Crippen molar-refractivity contribution in [1.82, 2.24) is 29.7 Å². The fraction of sp³-hybridized carbons (Fsp3) is 0.292. The molecule has 11 heteroatoms. The maximum atomic E-state index is 13.1. The van der Waals surface area contributed by atoms with Gasteiger partial charge in [0.15, 0.2) is 0 Å². The highest BCUT2D eigenvalue weighted by molar-refractivity contribution is 6.35. The van der Waals surface area contributed by atoms with E-state index in [1.807, 2.05) is 18.2 Å². The number of halogens is 2. The molecule has 0 atom stereocenters. The van der Waals surface area contributed by atoms with Crippen LogP contribution in [0.25, 0.3) is 21.9 Å². The third kappa shape index (κ3) is 4.87. The molecular weight excluding hydrogens is 489 g/mol. The predicted octanol–water partition coefficient (Wildman–Crippen LogP) is 3.77. The number of benzene rings is 2. The van der Waals surface area contributed by atoms with Crippen LogP contribution in [-0.2, 0) is 11.2 Å². The second-order valence-electron chi connectivity index (χ2n) is 8.39. The lowest BCUT2D eigenvalue weighted by molar-refractivity contribution is -0.130. The van der Waals surface area contributed by atoms with Crippen LogP contribution >= 0.6 is 23.2 Å². The number of carbonyl (C=O) groups excluding carboxylic acids is 2. The average Bonchev–Trinajstić information content (AvgIpc) is 3.25. The Bertz CT molecular complexity index is 1430. The second kappa shape index (κ2) is 9.67. The number of hydrogen-bond donors (Lipinski definition) is 2. The number of H-pyrrole nitrogens is 1. The summed E-state index contributed by atoms with van der Waals surface area (Å²) in [5.74, 6) is 1.31. The average molecular weight is 512 g/mol. The number of anilines is 1. The van der Waals surface area contributed by atoms with Crippen LogP contribution in [-0.4, -0.2) is 74.3 Å². The topological polar surface area (TPSA) is 107 Å². The zero-order chi connectivity index (χ0) is 24.5. The van der Waals surface area contributed by atoms with Crippen LogP contribution in [0.4, 0.5) is 5.82 Å². The van der Waals surface area contributed by atoms with Gasteiger partial charge >= 0.3 is 0 Å². The van der Waals surface area contributed by atoms with Crippen molar-refractivity contribution in [2.75, 3.05) is 38.0 Å². The summed E-state index contributed by atoms with van der Waals surface area (Å²) in [7, 11) is 0. The Balaban J connectivity index is 1.30. The van der Waals surface area contributed by atoms with Gasteiger partial charge in [-0.1, -0.05) is 23.2 Å². The summed E-state index contributed by atoms with van der Waals surface area (Å²) >= 11 is 12.6. The van der Waals surface area contributed by atoms with Crippen LogP contribution in [0, 0.1) is 0 Å². The standard InChI is InChI=1S/C24H23Cl2N7O2/c1-14(34)32-6-8-33(9-7-32)24(35)16-12-20-17(11-18(16)26)23(29-13-28-20)27-5-4-22-30-19-3-2-15(25)10-21(19)31-22/h2-3,10-13H,4-9H2,1H3,(H,30,31)(H,27,28,29). The summed E-state index contributed by atoms with van der Waals surface area (Å²) in [6, 6.07) is 8.97. The van der Waals surface area contributed by atoms with Gasteiger partial charge in [-0.2, -0.15) is 0 Å². The first-order valence-electron chi connectivity index (χ1n) is 11.3. The van der Waals surface area contributed by atoms with Crippen LogP contribution in [0.15, 0.2) is 36.7 Å². The number of aromatic nitrogens is 4. The highest BCUT2D eigenvalue weighted by Crippen LogP contribution is 2.28. The molecule has 2 aromatic heterocycles. The van der Waals surface area contributed by atoms with Crippen molar-refractivity contribution >= 4 is 62.8 Å². The molecule has 35 heavy (non-hydrogen) atoms. The third-order valence-electron chi connectivity index (χ3n) is 6.11. The van der Waals surface area contributed by atoms with Crippen molar-refractivity contribution in [1.29, 1.82) is 0 Å². The lowest BCUT2D eigenvalue weighted by atomic mass is 10.1. The second-order valence-corrected chi connectivity index (χ2v) is 9.24. The molecule has 2 amide bonds. The molecule has 180 valence electrons. The first kappa shape index (κ1) is 23.3. The number of fused-ring (bicyclic) bond motifs is 2. The number of nitrogens with one attached hydrogen (secondary N) is 2. The summed E-state index contributed by atoms with van der Waals surface area (Å²) in [5.41, 5.74) is 2.77. The molecule has 4 aromatic rings. The van der Waals surface area contributed by atoms with E-state index in [4.69, 9.17) is 23.2 Å². The van der Waals surface area contributed by atoms with Gasteiger partial charge in [0.2, 0.25) is 5.91 Å². The minimum atomic E-state index is -0.168. The number of imidazole rings is 1. The summed E-state index contributed by atoms with van der Waals surface area (Å²) in [5, 5.41) is 5.04. The van der Waals surface area contributed by atoms with Gasteiger partial charge in [-0.05, 0) is 30.3 Å². The lowest BCUT2D eigenvalue weighted by Gasteiger charge is -2.34. The smallest absolute Gasteiger partial charge is 0.255 e. The van der Waals surface area contributed by atoms with E-state index in [0.717, 1.165) is 22.2 Å². The number of hydrogen-bond acceptors (Lipinski definition) is 6. The molecule has 9 nitrogen and oxygen atoms in total. The largest absolute Gasteiger partial charge is 0.369 e. The summed E-state index contributed by atoms with van der Waals surface area (Å²) in [4.78, 5) is 44.7. The summed E-state index contributed by atoms with van der Waals surface area (Å²) in [6.45, 7) is 4.09. The predicted molar refractivity (Wildman–Crippen MR) is 136 cm³/mol. The highest BCUT2D eigenvalue weighted by atomic mass is 35.5. The Labute approximate surface area is 211 Å². The number of nitrogens with zero attached hydrogens (tertiary/aromatic N) is 5. The zero-order valence-corrected chi connectivity index (χ0v) is 20.5. The summed E-state index contributed by atoms with van der Waals surface area (Å²) in [6.07, 6.45) is 2.11. The lowest BCUT2D eigenvalue weighted by Crippen LogP contribution is -2.50. The molecule has 0 unspecified atom stereocenters. The Morgan fingerprint density at radius 2 is 1.80 bits per heavy atom. The molecule has 0 bridgehead atoms. The quantitative estimate of drug-likeness (QED) is 0.422.